The normalized spacial score (nSPS) is 10.6. The van der Waals surface area contributed by atoms with Gasteiger partial charge < -0.3 is 10.6 Å². The van der Waals surface area contributed by atoms with E-state index in [0.29, 0.717) is 10.9 Å². The largest absolute Gasteiger partial charge is 0.393 e. The molecule has 5 heteroatoms. The van der Waals surface area contributed by atoms with Crippen molar-refractivity contribution in [2.24, 2.45) is 11.7 Å². The molecule has 1 rings (SSSR count). The van der Waals surface area contributed by atoms with Gasteiger partial charge >= 0.3 is 0 Å². The van der Waals surface area contributed by atoms with Crippen LogP contribution >= 0.6 is 23.6 Å². The lowest BCUT2D eigenvalue weighted by molar-refractivity contribution is 0.613. The predicted molar refractivity (Wildman–Crippen MR) is 70.6 cm³/mol. The maximum atomic E-state index is 5.51. The fourth-order valence-electron chi connectivity index (χ4n) is 1.32. The Kier molecular flexibility index (Phi) is 4.98. The van der Waals surface area contributed by atoms with Gasteiger partial charge in [0.1, 0.15) is 0 Å². The molecule has 0 saturated carbocycles. The summed E-state index contributed by atoms with van der Waals surface area (Å²) < 4.78 is 0. The highest BCUT2D eigenvalue weighted by Gasteiger charge is 2.10. The number of rotatable bonds is 6. The van der Waals surface area contributed by atoms with Gasteiger partial charge in [0.25, 0.3) is 0 Å². The maximum Gasteiger partial charge on any atom is 0.185 e. The Hall–Kier alpha value is -0.680. The highest BCUT2D eigenvalue weighted by Crippen LogP contribution is 2.18. The van der Waals surface area contributed by atoms with Crippen molar-refractivity contribution >= 4 is 33.7 Å². The highest BCUT2D eigenvalue weighted by molar-refractivity contribution is 7.80. The molecule has 0 spiro atoms. The zero-order valence-corrected chi connectivity index (χ0v) is 10.8. The van der Waals surface area contributed by atoms with E-state index < -0.39 is 0 Å². The first kappa shape index (κ1) is 12.4. The molecule has 3 nitrogen and oxygen atoms in total. The Morgan fingerprint density at radius 1 is 1.67 bits per heavy atom. The number of nitrogens with two attached hydrogens (primary N) is 1. The van der Waals surface area contributed by atoms with Crippen LogP contribution in [0, 0.1) is 5.92 Å². The predicted octanol–water partition coefficient (Wildman–Crippen LogP) is 2.28. The van der Waals surface area contributed by atoms with Gasteiger partial charge in [-0.05, 0) is 5.92 Å². The summed E-state index contributed by atoms with van der Waals surface area (Å²) in [5.41, 5.74) is 5.51. The number of hydrogen-bond donors (Lipinski definition) is 1. The second-order valence-corrected chi connectivity index (χ2v) is 5.27. The van der Waals surface area contributed by atoms with Crippen LogP contribution in [0.3, 0.4) is 0 Å². The summed E-state index contributed by atoms with van der Waals surface area (Å²) >= 11 is 6.55. The van der Waals surface area contributed by atoms with E-state index in [9.17, 15) is 0 Å². The van der Waals surface area contributed by atoms with Gasteiger partial charge in [0.2, 0.25) is 0 Å². The summed E-state index contributed by atoms with van der Waals surface area (Å²) in [6.07, 6.45) is 2.58. The fourth-order valence-corrected chi connectivity index (χ4v) is 2.09. The number of nitrogens with zero attached hydrogens (tertiary/aromatic N) is 2. The molecule has 1 heterocycles. The smallest absolute Gasteiger partial charge is 0.185 e. The molecule has 2 N–H and O–H groups in total. The van der Waals surface area contributed by atoms with Gasteiger partial charge in [0.05, 0.1) is 4.99 Å². The van der Waals surface area contributed by atoms with E-state index in [1.54, 1.807) is 11.3 Å². The van der Waals surface area contributed by atoms with Crippen LogP contribution in [0.1, 0.15) is 20.3 Å². The van der Waals surface area contributed by atoms with Gasteiger partial charge in [-0.1, -0.05) is 26.1 Å². The number of anilines is 1. The van der Waals surface area contributed by atoms with Gasteiger partial charge in [-0.15, -0.1) is 11.3 Å². The third kappa shape index (κ3) is 4.57. The number of hydrogen-bond acceptors (Lipinski definition) is 4. The second-order valence-electron chi connectivity index (χ2n) is 3.87. The van der Waals surface area contributed by atoms with Gasteiger partial charge in [0.15, 0.2) is 5.13 Å². The fraction of sp³-hybridized carbons (Fsp3) is 0.600. The summed E-state index contributed by atoms with van der Waals surface area (Å²) in [7, 11) is 0. The molecule has 0 aliphatic carbocycles. The molecular formula is C10H17N3S2. The van der Waals surface area contributed by atoms with Crippen molar-refractivity contribution in [3.63, 3.8) is 0 Å². The summed E-state index contributed by atoms with van der Waals surface area (Å²) in [5, 5.41) is 3.05. The summed E-state index contributed by atoms with van der Waals surface area (Å²) in [5.74, 6) is 0.611. The van der Waals surface area contributed by atoms with Crippen molar-refractivity contribution in [2.75, 3.05) is 18.0 Å². The van der Waals surface area contributed by atoms with Crippen molar-refractivity contribution in [1.82, 2.24) is 4.98 Å². The second kappa shape index (κ2) is 6.02. The average Bonchev–Trinajstić information content (AvgIpc) is 2.63. The van der Waals surface area contributed by atoms with E-state index in [4.69, 9.17) is 18.0 Å². The van der Waals surface area contributed by atoms with Crippen molar-refractivity contribution < 1.29 is 0 Å². The number of aromatic nitrogens is 1. The van der Waals surface area contributed by atoms with E-state index >= 15 is 0 Å². The van der Waals surface area contributed by atoms with E-state index in [0.717, 1.165) is 24.6 Å². The summed E-state index contributed by atoms with van der Waals surface area (Å²) in [6, 6.07) is 0. The zero-order valence-electron chi connectivity index (χ0n) is 9.14. The molecule has 0 fully saturated rings. The molecule has 0 atom stereocenters. The average molecular weight is 243 g/mol. The minimum atomic E-state index is 0.570. The minimum absolute atomic E-state index is 0.570. The molecular weight excluding hydrogens is 226 g/mol. The molecule has 84 valence electrons. The third-order valence-electron chi connectivity index (χ3n) is 1.90. The molecule has 0 saturated heterocycles. The Labute approximate surface area is 100 Å². The van der Waals surface area contributed by atoms with Gasteiger partial charge in [-0.25, -0.2) is 4.98 Å². The zero-order chi connectivity index (χ0) is 11.3. The van der Waals surface area contributed by atoms with E-state index in [1.165, 1.54) is 0 Å². The molecule has 0 aliphatic heterocycles. The van der Waals surface area contributed by atoms with Gasteiger partial charge in [-0.2, -0.15) is 0 Å². The lowest BCUT2D eigenvalue weighted by Crippen LogP contribution is -2.30. The van der Waals surface area contributed by atoms with Crippen LogP contribution in [0.15, 0.2) is 11.6 Å². The standard InChI is InChI=1S/C10H17N3S2/c1-8(2)7-13(5-3-9(11)14)10-12-4-6-15-10/h4,6,8H,3,5,7H2,1-2H3,(H2,11,14). The molecule has 0 bridgehead atoms. The van der Waals surface area contributed by atoms with Crippen molar-refractivity contribution in [2.45, 2.75) is 20.3 Å². The quantitative estimate of drug-likeness (QED) is 0.778. The SMILES string of the molecule is CC(C)CN(CCC(N)=S)c1nccs1. The van der Waals surface area contributed by atoms with E-state index in [-0.39, 0.29) is 0 Å². The molecule has 0 aliphatic rings. The molecule has 1 aromatic heterocycles. The molecule has 1 aromatic rings. The lowest BCUT2D eigenvalue weighted by atomic mass is 10.2. The van der Waals surface area contributed by atoms with Crippen molar-refractivity contribution in [3.8, 4) is 0 Å². The monoisotopic (exact) mass is 243 g/mol. The molecule has 0 aromatic carbocycles. The van der Waals surface area contributed by atoms with Crippen LogP contribution in [0.2, 0.25) is 0 Å². The minimum Gasteiger partial charge on any atom is -0.393 e. The van der Waals surface area contributed by atoms with Crippen LogP contribution in [0.5, 0.6) is 0 Å². The van der Waals surface area contributed by atoms with Gasteiger partial charge in [0, 0.05) is 31.1 Å². The lowest BCUT2D eigenvalue weighted by Gasteiger charge is -2.23. The first-order chi connectivity index (χ1) is 7.09. The van der Waals surface area contributed by atoms with Crippen LogP contribution < -0.4 is 10.6 Å². The Balaban J connectivity index is 2.57. The van der Waals surface area contributed by atoms with Crippen molar-refractivity contribution in [1.29, 1.82) is 0 Å². The third-order valence-corrected chi connectivity index (χ3v) is 2.94. The number of thiocarbonyl (C=S) groups is 1. The van der Waals surface area contributed by atoms with Crippen LogP contribution in [0.4, 0.5) is 5.13 Å². The topological polar surface area (TPSA) is 42.1 Å². The first-order valence-electron chi connectivity index (χ1n) is 5.02. The molecule has 0 unspecified atom stereocenters. The molecule has 0 amide bonds. The Morgan fingerprint density at radius 2 is 2.40 bits per heavy atom. The summed E-state index contributed by atoms with van der Waals surface area (Å²) in [6.45, 7) is 6.25. The number of thiazole rings is 1. The summed E-state index contributed by atoms with van der Waals surface area (Å²) in [4.78, 5) is 7.12. The van der Waals surface area contributed by atoms with E-state index in [1.807, 2.05) is 11.6 Å². The van der Waals surface area contributed by atoms with Gasteiger partial charge in [-0.3, -0.25) is 0 Å². The van der Waals surface area contributed by atoms with Crippen LogP contribution in [-0.4, -0.2) is 23.1 Å². The molecule has 15 heavy (non-hydrogen) atoms. The Morgan fingerprint density at radius 3 is 2.87 bits per heavy atom. The Bertz CT molecular complexity index is 296. The van der Waals surface area contributed by atoms with Crippen LogP contribution in [0.25, 0.3) is 0 Å². The maximum absolute atomic E-state index is 5.51. The van der Waals surface area contributed by atoms with Crippen molar-refractivity contribution in [3.05, 3.63) is 11.6 Å². The molecule has 0 radical (unpaired) electrons. The first-order valence-corrected chi connectivity index (χ1v) is 6.31. The van der Waals surface area contributed by atoms with Crippen LogP contribution in [-0.2, 0) is 0 Å². The highest BCUT2D eigenvalue weighted by atomic mass is 32.1. The van der Waals surface area contributed by atoms with E-state index in [2.05, 4.69) is 23.7 Å².